The van der Waals surface area contributed by atoms with Gasteiger partial charge in [-0.25, -0.2) is 9.67 Å². The Bertz CT molecular complexity index is 929. The summed E-state index contributed by atoms with van der Waals surface area (Å²) in [4.78, 5) is 28.9. The number of rotatable bonds is 4. The zero-order valence-corrected chi connectivity index (χ0v) is 13.7. The highest BCUT2D eigenvalue weighted by molar-refractivity contribution is 7.12. The van der Waals surface area contributed by atoms with Crippen LogP contribution in [-0.4, -0.2) is 27.2 Å². The Hall–Kier alpha value is -2.54. The number of fused-ring (bicyclic) bond motifs is 1. The van der Waals surface area contributed by atoms with Crippen molar-refractivity contribution in [3.8, 4) is 0 Å². The summed E-state index contributed by atoms with van der Waals surface area (Å²) in [5, 5.41) is 8.48. The lowest BCUT2D eigenvalue weighted by atomic mass is 10.2. The molecule has 3 aromatic rings. The molecular formula is C16H16N4O2S. The molecule has 2 heterocycles. The summed E-state index contributed by atoms with van der Waals surface area (Å²) in [6, 6.07) is 9.03. The van der Waals surface area contributed by atoms with E-state index in [1.807, 2.05) is 32.0 Å². The molecule has 0 radical (unpaired) electrons. The van der Waals surface area contributed by atoms with Crippen LogP contribution in [0.25, 0.3) is 10.8 Å². The number of carbonyl (C=O) groups excluding carboxylic acids is 1. The average molecular weight is 328 g/mol. The number of carbonyl (C=O) groups is 1. The Morgan fingerprint density at radius 3 is 2.83 bits per heavy atom. The molecule has 0 aliphatic rings. The van der Waals surface area contributed by atoms with E-state index in [9.17, 15) is 9.59 Å². The summed E-state index contributed by atoms with van der Waals surface area (Å²) >= 11 is 0.966. The number of aryl methyl sites for hydroxylation is 2. The van der Waals surface area contributed by atoms with Crippen molar-refractivity contribution in [1.29, 1.82) is 0 Å². The number of nitrogens with zero attached hydrogens (tertiary/aromatic N) is 3. The van der Waals surface area contributed by atoms with Gasteiger partial charge in [0, 0.05) is 11.9 Å². The molecule has 0 spiro atoms. The first-order valence-electron chi connectivity index (χ1n) is 7.24. The van der Waals surface area contributed by atoms with E-state index in [0.717, 1.165) is 22.5 Å². The van der Waals surface area contributed by atoms with Gasteiger partial charge in [0.1, 0.15) is 11.6 Å². The number of benzene rings is 1. The van der Waals surface area contributed by atoms with Gasteiger partial charge in [0.25, 0.3) is 5.91 Å². The molecule has 0 atom stereocenters. The van der Waals surface area contributed by atoms with Crippen molar-refractivity contribution in [2.75, 3.05) is 6.54 Å². The Morgan fingerprint density at radius 2 is 2.09 bits per heavy atom. The second kappa shape index (κ2) is 6.29. The summed E-state index contributed by atoms with van der Waals surface area (Å²) < 4.78 is 1.65. The Kier molecular flexibility index (Phi) is 4.20. The predicted molar refractivity (Wildman–Crippen MR) is 89.9 cm³/mol. The van der Waals surface area contributed by atoms with Gasteiger partial charge in [0.15, 0.2) is 0 Å². The van der Waals surface area contributed by atoms with E-state index < -0.39 is 0 Å². The number of amides is 1. The molecular weight excluding hydrogens is 312 g/mol. The topological polar surface area (TPSA) is 76.9 Å². The lowest BCUT2D eigenvalue weighted by Crippen LogP contribution is -2.27. The zero-order valence-electron chi connectivity index (χ0n) is 12.9. The molecule has 0 saturated heterocycles. The molecule has 0 unspecified atom stereocenters. The van der Waals surface area contributed by atoms with Crippen LogP contribution in [0.15, 0.2) is 35.1 Å². The molecule has 2 aromatic heterocycles. The lowest BCUT2D eigenvalue weighted by molar-refractivity contribution is 0.0956. The van der Waals surface area contributed by atoms with Gasteiger partial charge in [-0.15, -0.1) is 0 Å². The molecule has 0 bridgehead atoms. The van der Waals surface area contributed by atoms with E-state index in [0.29, 0.717) is 29.2 Å². The van der Waals surface area contributed by atoms with Gasteiger partial charge in [0.2, 0.25) is 4.74 Å². The van der Waals surface area contributed by atoms with E-state index in [1.165, 1.54) is 0 Å². The normalized spacial score (nSPS) is 10.9. The minimum atomic E-state index is -0.243. The lowest BCUT2D eigenvalue weighted by Gasteiger charge is -2.06. The third-order valence-corrected chi connectivity index (χ3v) is 4.39. The third kappa shape index (κ3) is 3.29. The fourth-order valence-electron chi connectivity index (χ4n) is 2.38. The minimum Gasteiger partial charge on any atom is -0.349 e. The highest BCUT2D eigenvalue weighted by Gasteiger charge is 2.10. The van der Waals surface area contributed by atoms with E-state index in [1.54, 1.807) is 16.8 Å². The first-order valence-corrected chi connectivity index (χ1v) is 8.05. The molecule has 118 valence electrons. The largest absolute Gasteiger partial charge is 0.349 e. The summed E-state index contributed by atoms with van der Waals surface area (Å²) in [6.07, 6.45) is 0. The first-order chi connectivity index (χ1) is 11.0. The second-order valence-electron chi connectivity index (χ2n) is 5.17. The molecule has 1 aromatic carbocycles. The summed E-state index contributed by atoms with van der Waals surface area (Å²) in [5.41, 5.74) is 0. The van der Waals surface area contributed by atoms with Crippen molar-refractivity contribution in [2.24, 2.45) is 0 Å². The van der Waals surface area contributed by atoms with Crippen molar-refractivity contribution in [1.82, 2.24) is 20.1 Å². The molecule has 0 aliphatic heterocycles. The van der Waals surface area contributed by atoms with Crippen LogP contribution in [0.4, 0.5) is 0 Å². The molecule has 0 fully saturated rings. The van der Waals surface area contributed by atoms with Crippen molar-refractivity contribution < 1.29 is 4.79 Å². The van der Waals surface area contributed by atoms with E-state index in [4.69, 9.17) is 0 Å². The average Bonchev–Trinajstić information content (AvgIpc) is 2.85. The van der Waals surface area contributed by atoms with Gasteiger partial charge in [0.05, 0.1) is 11.4 Å². The highest BCUT2D eigenvalue weighted by atomic mass is 32.1. The Balaban J connectivity index is 1.71. The van der Waals surface area contributed by atoms with E-state index in [2.05, 4.69) is 15.4 Å². The van der Waals surface area contributed by atoms with Gasteiger partial charge in [-0.3, -0.25) is 9.59 Å². The molecule has 3 rings (SSSR count). The van der Waals surface area contributed by atoms with Crippen LogP contribution in [0.3, 0.4) is 0 Å². The SMILES string of the molecule is Cc1nc(C)n(CCNC(=O)c2cc3ccccc3c(=O)s2)n1. The van der Waals surface area contributed by atoms with Crippen LogP contribution >= 0.6 is 11.3 Å². The van der Waals surface area contributed by atoms with Gasteiger partial charge < -0.3 is 5.32 Å². The van der Waals surface area contributed by atoms with Crippen LogP contribution in [0.5, 0.6) is 0 Å². The maximum atomic E-state index is 12.2. The quantitative estimate of drug-likeness (QED) is 0.793. The standard InChI is InChI=1S/C16H16N4O2S/c1-10-18-11(2)20(19-10)8-7-17-15(21)14-9-12-5-3-4-6-13(12)16(22)23-14/h3-6,9H,7-8H2,1-2H3,(H,17,21). The van der Waals surface area contributed by atoms with E-state index >= 15 is 0 Å². The van der Waals surface area contributed by atoms with Crippen LogP contribution in [0.1, 0.15) is 21.3 Å². The number of aromatic nitrogens is 3. The molecule has 23 heavy (non-hydrogen) atoms. The molecule has 6 nitrogen and oxygen atoms in total. The number of hydrogen-bond donors (Lipinski definition) is 1. The van der Waals surface area contributed by atoms with Gasteiger partial charge in [-0.2, -0.15) is 5.10 Å². The van der Waals surface area contributed by atoms with Crippen LogP contribution in [0.2, 0.25) is 0 Å². The van der Waals surface area contributed by atoms with Crippen molar-refractivity contribution in [2.45, 2.75) is 20.4 Å². The summed E-state index contributed by atoms with van der Waals surface area (Å²) in [6.45, 7) is 4.67. The molecule has 0 aliphatic carbocycles. The Labute approximate surface area is 136 Å². The fourth-order valence-corrected chi connectivity index (χ4v) is 3.23. The highest BCUT2D eigenvalue weighted by Crippen LogP contribution is 2.14. The third-order valence-electron chi connectivity index (χ3n) is 3.47. The van der Waals surface area contributed by atoms with Crippen molar-refractivity contribution in [3.63, 3.8) is 0 Å². The first kappa shape index (κ1) is 15.4. The predicted octanol–water partition coefficient (Wildman–Crippen LogP) is 1.90. The number of nitrogens with one attached hydrogen (secondary N) is 1. The van der Waals surface area contributed by atoms with E-state index in [-0.39, 0.29) is 10.6 Å². The molecule has 1 amide bonds. The molecule has 0 saturated carbocycles. The van der Waals surface area contributed by atoms with Gasteiger partial charge in [-0.05, 0) is 31.4 Å². The second-order valence-corrected chi connectivity index (χ2v) is 6.19. The van der Waals surface area contributed by atoms with Crippen LogP contribution < -0.4 is 10.1 Å². The smallest absolute Gasteiger partial charge is 0.261 e. The Morgan fingerprint density at radius 1 is 1.30 bits per heavy atom. The summed E-state index contributed by atoms with van der Waals surface area (Å²) in [5.74, 6) is 1.28. The van der Waals surface area contributed by atoms with Crippen molar-refractivity contribution >= 4 is 28.0 Å². The van der Waals surface area contributed by atoms with Gasteiger partial charge in [-0.1, -0.05) is 29.5 Å². The van der Waals surface area contributed by atoms with Crippen LogP contribution in [0, 0.1) is 13.8 Å². The monoisotopic (exact) mass is 328 g/mol. The zero-order chi connectivity index (χ0) is 16.4. The van der Waals surface area contributed by atoms with Crippen LogP contribution in [-0.2, 0) is 6.54 Å². The van der Waals surface area contributed by atoms with Crippen molar-refractivity contribution in [3.05, 3.63) is 56.4 Å². The molecule has 1 N–H and O–H groups in total. The maximum absolute atomic E-state index is 12.2. The maximum Gasteiger partial charge on any atom is 0.261 e. The minimum absolute atomic E-state index is 0.101. The summed E-state index contributed by atoms with van der Waals surface area (Å²) in [7, 11) is 0. The van der Waals surface area contributed by atoms with Gasteiger partial charge >= 0.3 is 0 Å². The number of hydrogen-bond acceptors (Lipinski definition) is 5. The molecule has 7 heteroatoms. The fraction of sp³-hybridized carbons (Fsp3) is 0.250.